The Morgan fingerprint density at radius 1 is 1.08 bits per heavy atom. The zero-order chi connectivity index (χ0) is 17.1. The largest absolute Gasteiger partial charge is 0.383 e. The Morgan fingerprint density at radius 3 is 2.71 bits per heavy atom. The first-order chi connectivity index (χ1) is 11.6. The summed E-state index contributed by atoms with van der Waals surface area (Å²) in [6.45, 7) is 7.50. The van der Waals surface area contributed by atoms with Crippen molar-refractivity contribution in [3.05, 3.63) is 36.0 Å². The smallest absolute Gasteiger partial charge is 0.134 e. The summed E-state index contributed by atoms with van der Waals surface area (Å²) in [7, 11) is 0. The van der Waals surface area contributed by atoms with Crippen LogP contribution in [0.15, 0.2) is 24.5 Å². The molecule has 0 saturated carbocycles. The molecular formula is C19H25N5. The van der Waals surface area contributed by atoms with E-state index in [9.17, 15) is 0 Å². The Balaban J connectivity index is 1.92. The van der Waals surface area contributed by atoms with Gasteiger partial charge in [0.15, 0.2) is 0 Å². The third kappa shape index (κ3) is 3.11. The maximum absolute atomic E-state index is 5.91. The molecule has 0 fully saturated rings. The summed E-state index contributed by atoms with van der Waals surface area (Å²) in [5, 5.41) is 0.884. The van der Waals surface area contributed by atoms with Crippen molar-refractivity contribution in [3.63, 3.8) is 0 Å². The van der Waals surface area contributed by atoms with Crippen molar-refractivity contribution in [3.8, 4) is 11.3 Å². The van der Waals surface area contributed by atoms with Crippen LogP contribution in [0.5, 0.6) is 0 Å². The monoisotopic (exact) mass is 323 g/mol. The number of anilines is 1. The van der Waals surface area contributed by atoms with E-state index < -0.39 is 0 Å². The molecule has 0 amide bonds. The Labute approximate surface area is 143 Å². The fraction of sp³-hybridized carbons (Fsp3) is 0.421. The zero-order valence-electron chi connectivity index (χ0n) is 14.7. The first kappa shape index (κ1) is 16.4. The van der Waals surface area contributed by atoms with E-state index in [1.165, 1.54) is 37.7 Å². The normalized spacial score (nSPS) is 11.3. The number of nitrogens with two attached hydrogens (primary N) is 1. The molecule has 0 spiro atoms. The molecule has 2 N–H and O–H groups in total. The van der Waals surface area contributed by atoms with E-state index in [0.717, 1.165) is 34.5 Å². The van der Waals surface area contributed by atoms with Crippen LogP contribution >= 0.6 is 0 Å². The van der Waals surface area contributed by atoms with E-state index in [4.69, 9.17) is 10.7 Å². The van der Waals surface area contributed by atoms with Gasteiger partial charge in [0.1, 0.15) is 18.0 Å². The highest BCUT2D eigenvalue weighted by Gasteiger charge is 2.13. The molecule has 0 aliphatic carbocycles. The molecule has 0 atom stereocenters. The van der Waals surface area contributed by atoms with Gasteiger partial charge in [-0.15, -0.1) is 0 Å². The number of benzene rings is 1. The number of imidazole rings is 1. The van der Waals surface area contributed by atoms with Gasteiger partial charge in [0.05, 0.1) is 11.2 Å². The van der Waals surface area contributed by atoms with Crippen LogP contribution in [0.25, 0.3) is 22.2 Å². The second-order valence-corrected chi connectivity index (χ2v) is 6.30. The van der Waals surface area contributed by atoms with E-state index in [1.807, 2.05) is 12.1 Å². The Bertz CT molecular complexity index is 850. The summed E-state index contributed by atoms with van der Waals surface area (Å²) in [5.41, 5.74) is 10.1. The molecular weight excluding hydrogens is 298 g/mol. The lowest BCUT2D eigenvalue weighted by molar-refractivity contribution is 0.565. The SMILES string of the molecule is CCCCCCn1c(C)nc(-c2ccc3c(N)ncnc3c2)c1C. The van der Waals surface area contributed by atoms with E-state index in [-0.39, 0.29) is 0 Å². The number of nitrogens with zero attached hydrogens (tertiary/aromatic N) is 4. The van der Waals surface area contributed by atoms with Crippen LogP contribution in [-0.4, -0.2) is 19.5 Å². The molecule has 5 nitrogen and oxygen atoms in total. The molecule has 3 rings (SSSR count). The second kappa shape index (κ2) is 6.99. The molecule has 2 heterocycles. The summed E-state index contributed by atoms with van der Waals surface area (Å²) in [6.07, 6.45) is 6.54. The van der Waals surface area contributed by atoms with Gasteiger partial charge in [-0.2, -0.15) is 0 Å². The number of aromatic nitrogens is 4. The van der Waals surface area contributed by atoms with Crippen molar-refractivity contribution >= 4 is 16.7 Å². The molecule has 1 aromatic carbocycles. The average molecular weight is 323 g/mol. The maximum Gasteiger partial charge on any atom is 0.134 e. The lowest BCUT2D eigenvalue weighted by atomic mass is 10.1. The second-order valence-electron chi connectivity index (χ2n) is 6.30. The van der Waals surface area contributed by atoms with Gasteiger partial charge in [0.2, 0.25) is 0 Å². The maximum atomic E-state index is 5.91. The van der Waals surface area contributed by atoms with E-state index in [0.29, 0.717) is 5.82 Å². The Hall–Kier alpha value is -2.43. The fourth-order valence-electron chi connectivity index (χ4n) is 3.20. The van der Waals surface area contributed by atoms with E-state index in [2.05, 4.69) is 41.4 Å². The minimum absolute atomic E-state index is 0.515. The molecule has 0 aliphatic rings. The molecule has 0 radical (unpaired) electrons. The van der Waals surface area contributed by atoms with Crippen molar-refractivity contribution in [1.29, 1.82) is 0 Å². The summed E-state index contributed by atoms with van der Waals surface area (Å²) < 4.78 is 2.32. The van der Waals surface area contributed by atoms with Crippen LogP contribution in [0.4, 0.5) is 5.82 Å². The molecule has 0 saturated heterocycles. The van der Waals surface area contributed by atoms with Gasteiger partial charge in [-0.3, -0.25) is 0 Å². The zero-order valence-corrected chi connectivity index (χ0v) is 14.7. The first-order valence-corrected chi connectivity index (χ1v) is 8.66. The van der Waals surface area contributed by atoms with Crippen LogP contribution in [0, 0.1) is 13.8 Å². The number of rotatable bonds is 6. The average Bonchev–Trinajstić information content (AvgIpc) is 2.86. The molecule has 3 aromatic rings. The third-order valence-electron chi connectivity index (χ3n) is 4.59. The predicted molar refractivity (Wildman–Crippen MR) is 98.8 cm³/mol. The summed E-state index contributed by atoms with van der Waals surface area (Å²) in [4.78, 5) is 13.2. The topological polar surface area (TPSA) is 69.6 Å². The highest BCUT2D eigenvalue weighted by atomic mass is 15.1. The molecule has 5 heteroatoms. The van der Waals surface area contributed by atoms with Crippen molar-refractivity contribution in [2.24, 2.45) is 0 Å². The van der Waals surface area contributed by atoms with Crippen LogP contribution in [0.2, 0.25) is 0 Å². The molecule has 24 heavy (non-hydrogen) atoms. The highest BCUT2D eigenvalue weighted by molar-refractivity contribution is 5.90. The summed E-state index contributed by atoms with van der Waals surface area (Å²) in [6, 6.07) is 6.08. The number of aryl methyl sites for hydroxylation is 1. The van der Waals surface area contributed by atoms with Gasteiger partial charge in [-0.1, -0.05) is 32.3 Å². The van der Waals surface area contributed by atoms with Crippen LogP contribution < -0.4 is 5.73 Å². The van der Waals surface area contributed by atoms with Crippen molar-refractivity contribution in [2.75, 3.05) is 5.73 Å². The molecule has 2 aromatic heterocycles. The Kier molecular flexibility index (Phi) is 4.79. The van der Waals surface area contributed by atoms with Gasteiger partial charge in [0.25, 0.3) is 0 Å². The lowest BCUT2D eigenvalue weighted by Crippen LogP contribution is -2.02. The standard InChI is InChI=1S/C19H25N5/c1-4-5-6-7-10-24-13(2)18(23-14(24)3)15-8-9-16-17(11-15)21-12-22-19(16)20/h8-9,11-12H,4-7,10H2,1-3H3,(H2,20,21,22). The Morgan fingerprint density at radius 2 is 1.92 bits per heavy atom. The lowest BCUT2D eigenvalue weighted by Gasteiger charge is -2.08. The minimum atomic E-state index is 0.515. The molecule has 0 aliphatic heterocycles. The van der Waals surface area contributed by atoms with Crippen molar-refractivity contribution in [2.45, 2.75) is 53.0 Å². The predicted octanol–water partition coefficient (Wildman–Crippen LogP) is 4.27. The molecule has 0 unspecified atom stereocenters. The summed E-state index contributed by atoms with van der Waals surface area (Å²) >= 11 is 0. The highest BCUT2D eigenvalue weighted by Crippen LogP contribution is 2.28. The van der Waals surface area contributed by atoms with Crippen LogP contribution in [-0.2, 0) is 6.54 Å². The molecule has 0 bridgehead atoms. The van der Waals surface area contributed by atoms with E-state index >= 15 is 0 Å². The first-order valence-electron chi connectivity index (χ1n) is 8.66. The van der Waals surface area contributed by atoms with Gasteiger partial charge < -0.3 is 10.3 Å². The van der Waals surface area contributed by atoms with Gasteiger partial charge >= 0.3 is 0 Å². The number of nitrogen functional groups attached to an aromatic ring is 1. The number of hydrogen-bond donors (Lipinski definition) is 1. The minimum Gasteiger partial charge on any atom is -0.383 e. The van der Waals surface area contributed by atoms with Crippen LogP contribution in [0.3, 0.4) is 0 Å². The van der Waals surface area contributed by atoms with Gasteiger partial charge in [-0.25, -0.2) is 15.0 Å². The van der Waals surface area contributed by atoms with Crippen molar-refractivity contribution in [1.82, 2.24) is 19.5 Å². The number of unbranched alkanes of at least 4 members (excludes halogenated alkanes) is 3. The number of hydrogen-bond acceptors (Lipinski definition) is 4. The van der Waals surface area contributed by atoms with Crippen molar-refractivity contribution < 1.29 is 0 Å². The van der Waals surface area contributed by atoms with Gasteiger partial charge in [-0.05, 0) is 32.4 Å². The fourth-order valence-corrected chi connectivity index (χ4v) is 3.20. The number of fused-ring (bicyclic) bond motifs is 1. The van der Waals surface area contributed by atoms with E-state index in [1.54, 1.807) is 0 Å². The molecule has 126 valence electrons. The third-order valence-corrected chi connectivity index (χ3v) is 4.59. The van der Waals surface area contributed by atoms with Gasteiger partial charge in [0, 0.05) is 23.2 Å². The quantitative estimate of drug-likeness (QED) is 0.688. The summed E-state index contributed by atoms with van der Waals surface area (Å²) in [5.74, 6) is 1.59. The van der Waals surface area contributed by atoms with Crippen LogP contribution in [0.1, 0.15) is 44.1 Å².